The highest BCUT2D eigenvalue weighted by Crippen LogP contribution is 2.22. The first kappa shape index (κ1) is 16.3. The first-order valence-electron chi connectivity index (χ1n) is 8.55. The van der Waals surface area contributed by atoms with Crippen LogP contribution in [0.2, 0.25) is 0 Å². The molecule has 2 aromatic heterocycles. The Morgan fingerprint density at radius 2 is 1.92 bits per heavy atom. The molecule has 1 saturated heterocycles. The Balaban J connectivity index is 1.36. The van der Waals surface area contributed by atoms with Gasteiger partial charge in [0.15, 0.2) is 11.5 Å². The number of carbonyl (C=O) groups is 1. The Morgan fingerprint density at radius 3 is 2.65 bits per heavy atom. The molecular formula is C19H18N4O3. The van der Waals surface area contributed by atoms with Crippen LogP contribution < -0.4 is 4.74 Å². The monoisotopic (exact) mass is 350 g/mol. The standard InChI is InChI=1S/C19H18N4O3/c24-19(16-13-17(26-22-16)14-5-2-1-3-6-14)23-11-8-15(9-12-23)25-18-7-4-10-20-21-18/h1-7,10,13,15H,8-9,11-12H2. The van der Waals surface area contributed by atoms with E-state index in [0.29, 0.717) is 30.4 Å². The number of likely N-dealkylation sites (tertiary alicyclic amines) is 1. The van der Waals surface area contributed by atoms with Gasteiger partial charge in [0.05, 0.1) is 0 Å². The molecule has 7 nitrogen and oxygen atoms in total. The Morgan fingerprint density at radius 1 is 1.12 bits per heavy atom. The summed E-state index contributed by atoms with van der Waals surface area (Å²) >= 11 is 0. The molecule has 4 rings (SSSR count). The van der Waals surface area contributed by atoms with Crippen molar-refractivity contribution in [3.63, 3.8) is 0 Å². The van der Waals surface area contributed by atoms with Crippen LogP contribution in [0.5, 0.6) is 5.88 Å². The van der Waals surface area contributed by atoms with E-state index in [1.165, 1.54) is 0 Å². The molecule has 1 aliphatic rings. The second kappa shape index (κ2) is 7.35. The van der Waals surface area contributed by atoms with Crippen LogP contribution in [0.4, 0.5) is 0 Å². The predicted octanol–water partition coefficient (Wildman–Crippen LogP) is 2.82. The lowest BCUT2D eigenvalue weighted by Crippen LogP contribution is -2.42. The van der Waals surface area contributed by atoms with Gasteiger partial charge in [-0.3, -0.25) is 4.79 Å². The van der Waals surface area contributed by atoms with Gasteiger partial charge in [-0.15, -0.1) is 5.10 Å². The molecule has 1 amide bonds. The van der Waals surface area contributed by atoms with Gasteiger partial charge in [0.1, 0.15) is 6.10 Å². The summed E-state index contributed by atoms with van der Waals surface area (Å²) in [6.07, 6.45) is 3.13. The molecule has 0 spiro atoms. The number of piperidine rings is 1. The maximum Gasteiger partial charge on any atom is 0.276 e. The summed E-state index contributed by atoms with van der Waals surface area (Å²) in [4.78, 5) is 14.4. The van der Waals surface area contributed by atoms with E-state index in [4.69, 9.17) is 9.26 Å². The SMILES string of the molecule is O=C(c1cc(-c2ccccc2)on1)N1CCC(Oc2cccnn2)CC1. The van der Waals surface area contributed by atoms with Crippen molar-refractivity contribution in [3.05, 3.63) is 60.4 Å². The van der Waals surface area contributed by atoms with Gasteiger partial charge >= 0.3 is 0 Å². The molecule has 0 atom stereocenters. The molecule has 1 aromatic carbocycles. The number of aromatic nitrogens is 3. The van der Waals surface area contributed by atoms with E-state index in [9.17, 15) is 4.79 Å². The van der Waals surface area contributed by atoms with Crippen molar-refractivity contribution >= 4 is 5.91 Å². The van der Waals surface area contributed by atoms with Crippen LogP contribution in [0.1, 0.15) is 23.3 Å². The van der Waals surface area contributed by atoms with Crippen LogP contribution in [0, 0.1) is 0 Å². The van der Waals surface area contributed by atoms with E-state index < -0.39 is 0 Å². The minimum Gasteiger partial charge on any atom is -0.473 e. The van der Waals surface area contributed by atoms with Gasteiger partial charge in [-0.2, -0.15) is 5.10 Å². The highest BCUT2D eigenvalue weighted by atomic mass is 16.5. The van der Waals surface area contributed by atoms with Crippen molar-refractivity contribution in [3.8, 4) is 17.2 Å². The zero-order chi connectivity index (χ0) is 17.8. The van der Waals surface area contributed by atoms with Gasteiger partial charge in [-0.1, -0.05) is 35.5 Å². The Hall–Kier alpha value is -3.22. The number of carbonyl (C=O) groups excluding carboxylic acids is 1. The molecule has 3 aromatic rings. The quantitative estimate of drug-likeness (QED) is 0.720. The van der Waals surface area contributed by atoms with Crippen LogP contribution in [0.25, 0.3) is 11.3 Å². The van der Waals surface area contributed by atoms with E-state index >= 15 is 0 Å². The smallest absolute Gasteiger partial charge is 0.276 e. The molecule has 26 heavy (non-hydrogen) atoms. The number of rotatable bonds is 4. The van der Waals surface area contributed by atoms with Gasteiger partial charge in [-0.25, -0.2) is 0 Å². The molecule has 1 aliphatic heterocycles. The molecule has 0 N–H and O–H groups in total. The third-order valence-electron chi connectivity index (χ3n) is 4.35. The molecule has 0 aliphatic carbocycles. The highest BCUT2D eigenvalue weighted by Gasteiger charge is 2.27. The molecule has 0 radical (unpaired) electrons. The Bertz CT molecular complexity index is 859. The van der Waals surface area contributed by atoms with Crippen molar-refractivity contribution in [2.75, 3.05) is 13.1 Å². The lowest BCUT2D eigenvalue weighted by molar-refractivity contribution is 0.0577. The van der Waals surface area contributed by atoms with E-state index in [1.807, 2.05) is 30.3 Å². The summed E-state index contributed by atoms with van der Waals surface area (Å²) in [5.74, 6) is 0.991. The number of hydrogen-bond acceptors (Lipinski definition) is 6. The average molecular weight is 350 g/mol. The summed E-state index contributed by atoms with van der Waals surface area (Å²) < 4.78 is 11.1. The topological polar surface area (TPSA) is 81.4 Å². The normalized spacial score (nSPS) is 15.0. The van der Waals surface area contributed by atoms with Crippen LogP contribution in [-0.2, 0) is 0 Å². The number of nitrogens with zero attached hydrogens (tertiary/aromatic N) is 4. The van der Waals surface area contributed by atoms with E-state index in [0.717, 1.165) is 18.4 Å². The number of hydrogen-bond donors (Lipinski definition) is 0. The minimum absolute atomic E-state index is 0.0351. The highest BCUT2D eigenvalue weighted by molar-refractivity contribution is 5.93. The summed E-state index contributed by atoms with van der Waals surface area (Å²) in [5, 5.41) is 11.7. The van der Waals surface area contributed by atoms with Crippen molar-refractivity contribution < 1.29 is 14.1 Å². The molecule has 0 saturated carbocycles. The summed E-state index contributed by atoms with van der Waals surface area (Å²) in [5.41, 5.74) is 1.23. The van der Waals surface area contributed by atoms with E-state index in [1.54, 1.807) is 29.3 Å². The van der Waals surface area contributed by atoms with Crippen molar-refractivity contribution in [1.29, 1.82) is 0 Å². The molecule has 1 fully saturated rings. The zero-order valence-electron chi connectivity index (χ0n) is 14.1. The summed E-state index contributed by atoms with van der Waals surface area (Å²) in [7, 11) is 0. The first-order valence-corrected chi connectivity index (χ1v) is 8.55. The fourth-order valence-corrected chi connectivity index (χ4v) is 2.97. The van der Waals surface area contributed by atoms with Gasteiger partial charge in [0, 0.05) is 49.8 Å². The molecule has 7 heteroatoms. The molecule has 0 bridgehead atoms. The van der Waals surface area contributed by atoms with Crippen LogP contribution in [0.15, 0.2) is 59.3 Å². The fourth-order valence-electron chi connectivity index (χ4n) is 2.97. The lowest BCUT2D eigenvalue weighted by atomic mass is 10.1. The first-order chi connectivity index (χ1) is 12.8. The van der Waals surface area contributed by atoms with Gasteiger partial charge in [-0.05, 0) is 6.07 Å². The van der Waals surface area contributed by atoms with Crippen LogP contribution >= 0.6 is 0 Å². The molecule has 132 valence electrons. The van der Waals surface area contributed by atoms with Gasteiger partial charge in [0.25, 0.3) is 5.91 Å². The predicted molar refractivity (Wildman–Crippen MR) is 93.5 cm³/mol. The Kier molecular flexibility index (Phi) is 4.59. The fraction of sp³-hybridized carbons (Fsp3) is 0.263. The lowest BCUT2D eigenvalue weighted by Gasteiger charge is -2.31. The largest absolute Gasteiger partial charge is 0.473 e. The molecule has 0 unspecified atom stereocenters. The van der Waals surface area contributed by atoms with Crippen molar-refractivity contribution in [2.24, 2.45) is 0 Å². The third-order valence-corrected chi connectivity index (χ3v) is 4.35. The summed E-state index contributed by atoms with van der Waals surface area (Å²) in [6.45, 7) is 1.22. The number of ether oxygens (including phenoxy) is 1. The number of amides is 1. The second-order valence-electron chi connectivity index (χ2n) is 6.11. The maximum absolute atomic E-state index is 12.6. The van der Waals surface area contributed by atoms with E-state index in [2.05, 4.69) is 15.4 Å². The van der Waals surface area contributed by atoms with Gasteiger partial charge in [0.2, 0.25) is 5.88 Å². The maximum atomic E-state index is 12.6. The van der Waals surface area contributed by atoms with Crippen molar-refractivity contribution in [2.45, 2.75) is 18.9 Å². The van der Waals surface area contributed by atoms with E-state index in [-0.39, 0.29) is 12.0 Å². The van der Waals surface area contributed by atoms with Gasteiger partial charge < -0.3 is 14.2 Å². The number of benzene rings is 1. The Labute approximate surface area is 150 Å². The van der Waals surface area contributed by atoms with Crippen LogP contribution in [-0.4, -0.2) is 45.4 Å². The summed E-state index contributed by atoms with van der Waals surface area (Å²) in [6, 6.07) is 14.9. The van der Waals surface area contributed by atoms with Crippen LogP contribution in [0.3, 0.4) is 0 Å². The molecular weight excluding hydrogens is 332 g/mol. The van der Waals surface area contributed by atoms with Crippen molar-refractivity contribution in [1.82, 2.24) is 20.3 Å². The second-order valence-corrected chi connectivity index (χ2v) is 6.11. The minimum atomic E-state index is -0.117. The third kappa shape index (κ3) is 3.56. The zero-order valence-corrected chi connectivity index (χ0v) is 14.1. The molecule has 3 heterocycles. The average Bonchev–Trinajstić information content (AvgIpc) is 3.20.